The molecule has 6 heterocycles. The minimum Gasteiger partial charge on any atom is -0.399 e. The van der Waals surface area contributed by atoms with Crippen LogP contribution in [0.25, 0.3) is 0 Å². The van der Waals surface area contributed by atoms with Gasteiger partial charge >= 0.3 is 7.12 Å². The van der Waals surface area contributed by atoms with Crippen LogP contribution in [0.4, 0.5) is 5.69 Å². The van der Waals surface area contributed by atoms with Crippen molar-refractivity contribution >= 4 is 30.1 Å². The van der Waals surface area contributed by atoms with Crippen LogP contribution >= 0.6 is 0 Å². The number of anilines is 1. The topological polar surface area (TPSA) is 71.6 Å². The predicted octanol–water partition coefficient (Wildman–Crippen LogP) is 3.10. The molecule has 2 amide bonds. The van der Waals surface area contributed by atoms with Gasteiger partial charge in [0.1, 0.15) is 0 Å². The van der Waals surface area contributed by atoms with Crippen molar-refractivity contribution in [3.05, 3.63) is 23.8 Å². The number of fused-ring (bicyclic) bond motifs is 4. The average Bonchev–Trinajstić information content (AvgIpc) is 3.26. The first-order chi connectivity index (χ1) is 19.9. The third-order valence-corrected chi connectivity index (χ3v) is 12.5. The van der Waals surface area contributed by atoms with Gasteiger partial charge in [-0.05, 0) is 102 Å². The third-order valence-electron chi connectivity index (χ3n) is 12.5. The number of amides is 2. The van der Waals surface area contributed by atoms with Crippen molar-refractivity contribution in [2.75, 3.05) is 44.3 Å². The van der Waals surface area contributed by atoms with Crippen molar-refractivity contribution in [1.29, 1.82) is 0 Å². The number of carbonyl (C=O) groups excluding carboxylic acids is 2. The molecule has 9 heteroatoms. The van der Waals surface area contributed by atoms with Crippen LogP contribution in [0.15, 0.2) is 18.2 Å². The normalized spacial score (nSPS) is 35.5. The smallest absolute Gasteiger partial charge is 0.399 e. The minimum atomic E-state index is -0.574. The Balaban J connectivity index is 1.07. The highest BCUT2D eigenvalue weighted by Crippen LogP contribution is 2.52. The molecular formula is C33H46BN3O5. The van der Waals surface area contributed by atoms with E-state index in [1.807, 2.05) is 11.8 Å². The minimum absolute atomic E-state index is 0.170. The lowest BCUT2D eigenvalue weighted by Gasteiger charge is -2.54. The van der Waals surface area contributed by atoms with E-state index >= 15 is 0 Å². The van der Waals surface area contributed by atoms with E-state index in [1.54, 1.807) is 0 Å². The predicted molar refractivity (Wildman–Crippen MR) is 161 cm³/mol. The average molecular weight is 576 g/mol. The van der Waals surface area contributed by atoms with Gasteiger partial charge in [0.15, 0.2) is 0 Å². The van der Waals surface area contributed by atoms with E-state index in [1.165, 1.54) is 25.9 Å². The van der Waals surface area contributed by atoms with Crippen molar-refractivity contribution in [2.24, 2.45) is 17.3 Å². The second-order valence-electron chi connectivity index (χ2n) is 15.9. The van der Waals surface area contributed by atoms with Crippen LogP contribution in [0.5, 0.6) is 0 Å². The number of carbonyl (C=O) groups is 2. The zero-order chi connectivity index (χ0) is 29.2. The number of likely N-dealkylation sites (tertiary alicyclic amines) is 1. The van der Waals surface area contributed by atoms with E-state index in [0.29, 0.717) is 45.2 Å². The standard InChI is InChI=1S/C33H46BN3O5/c1-30(2)31(3,4)42-34(41-30)23-6-7-26-27(14-23)37(25-15-24(16-25)36-17-21-12-22(13-21)18-36)29(39)33(26)8-10-35(11-9-33)28(38)32(5)19-40-20-32/h6-7,14,21-22,24-25H,8-13,15-20H2,1-5H3/t21?,22?,24-,25+. The first-order valence-electron chi connectivity index (χ1n) is 16.3. The third kappa shape index (κ3) is 3.88. The number of piperidine rings is 3. The number of ether oxygens (including phenoxy) is 1. The zero-order valence-corrected chi connectivity index (χ0v) is 26.0. The van der Waals surface area contributed by atoms with E-state index in [9.17, 15) is 9.59 Å². The Morgan fingerprint density at radius 3 is 2.07 bits per heavy atom. The maximum absolute atomic E-state index is 14.6. The van der Waals surface area contributed by atoms with Gasteiger partial charge in [-0.1, -0.05) is 12.1 Å². The lowest BCUT2D eigenvalue weighted by atomic mass is 9.69. The number of rotatable bonds is 4. The van der Waals surface area contributed by atoms with Gasteiger partial charge in [0.25, 0.3) is 0 Å². The molecule has 1 aromatic carbocycles. The second kappa shape index (κ2) is 9.05. The molecule has 0 aromatic heterocycles. The molecular weight excluding hydrogens is 529 g/mol. The molecule has 2 aliphatic carbocycles. The van der Waals surface area contributed by atoms with E-state index < -0.39 is 29.2 Å². The van der Waals surface area contributed by atoms with Gasteiger partial charge in [0, 0.05) is 44.0 Å². The highest BCUT2D eigenvalue weighted by molar-refractivity contribution is 6.62. The Morgan fingerprint density at radius 2 is 1.50 bits per heavy atom. The fraction of sp³-hybridized carbons (Fsp3) is 0.758. The van der Waals surface area contributed by atoms with Crippen LogP contribution in [0.3, 0.4) is 0 Å². The second-order valence-corrected chi connectivity index (χ2v) is 15.9. The molecule has 9 rings (SSSR count). The summed E-state index contributed by atoms with van der Waals surface area (Å²) in [4.78, 5) is 34.8. The largest absolute Gasteiger partial charge is 0.494 e. The summed E-state index contributed by atoms with van der Waals surface area (Å²) in [6.07, 6.45) is 6.26. The summed E-state index contributed by atoms with van der Waals surface area (Å²) >= 11 is 0. The molecule has 1 spiro atoms. The molecule has 0 radical (unpaired) electrons. The summed E-state index contributed by atoms with van der Waals surface area (Å²) in [6.45, 7) is 15.0. The van der Waals surface area contributed by atoms with Crippen LogP contribution in [0.1, 0.15) is 78.7 Å². The number of hydrogen-bond donors (Lipinski definition) is 0. The monoisotopic (exact) mass is 575 g/mol. The molecule has 5 saturated heterocycles. The highest BCUT2D eigenvalue weighted by Gasteiger charge is 2.58. The Labute approximate surface area is 250 Å². The molecule has 0 atom stereocenters. The Bertz CT molecular complexity index is 1280. The summed E-state index contributed by atoms with van der Waals surface area (Å²) in [5.41, 5.74) is 1.30. The Hall–Kier alpha value is -1.94. The molecule has 226 valence electrons. The SMILES string of the molecule is CC1(C(=O)N2CCC3(CC2)C(=O)N([C@H]2C[C@@H](N4CC5CC(C5)C4)C2)c2cc(B4OC(C)(C)C(C)(C)O4)ccc23)COC1. The number of nitrogens with zero attached hydrogens (tertiary/aromatic N) is 3. The maximum Gasteiger partial charge on any atom is 0.494 e. The molecule has 2 bridgehead atoms. The van der Waals surface area contributed by atoms with E-state index in [-0.39, 0.29) is 17.9 Å². The van der Waals surface area contributed by atoms with Crippen molar-refractivity contribution < 1.29 is 23.6 Å². The van der Waals surface area contributed by atoms with Gasteiger partial charge in [-0.25, -0.2) is 0 Å². The lowest BCUT2D eigenvalue weighted by Crippen LogP contribution is -2.61. The lowest BCUT2D eigenvalue weighted by molar-refractivity contribution is -0.170. The van der Waals surface area contributed by atoms with Crippen molar-refractivity contribution in [3.8, 4) is 0 Å². The first-order valence-corrected chi connectivity index (χ1v) is 16.3. The molecule has 42 heavy (non-hydrogen) atoms. The van der Waals surface area contributed by atoms with Crippen LogP contribution in [0.2, 0.25) is 0 Å². The molecule has 8 nitrogen and oxygen atoms in total. The van der Waals surface area contributed by atoms with Crippen LogP contribution in [-0.2, 0) is 29.0 Å². The fourth-order valence-electron chi connectivity index (χ4n) is 8.86. The summed E-state index contributed by atoms with van der Waals surface area (Å²) < 4.78 is 18.2. The van der Waals surface area contributed by atoms with Crippen LogP contribution in [-0.4, -0.2) is 91.4 Å². The number of benzene rings is 1. The van der Waals surface area contributed by atoms with Gasteiger partial charge in [-0.2, -0.15) is 0 Å². The molecule has 7 fully saturated rings. The van der Waals surface area contributed by atoms with Crippen molar-refractivity contribution in [1.82, 2.24) is 9.80 Å². The Kier molecular flexibility index (Phi) is 5.95. The zero-order valence-electron chi connectivity index (χ0n) is 26.0. The summed E-state index contributed by atoms with van der Waals surface area (Å²) in [5, 5.41) is 0. The van der Waals surface area contributed by atoms with Gasteiger partial charge in [0.05, 0.1) is 35.2 Å². The summed E-state index contributed by atoms with van der Waals surface area (Å²) in [6, 6.07) is 7.26. The summed E-state index contributed by atoms with van der Waals surface area (Å²) in [7, 11) is -0.465. The van der Waals surface area contributed by atoms with Gasteiger partial charge < -0.3 is 23.8 Å². The van der Waals surface area contributed by atoms with Crippen LogP contribution in [0, 0.1) is 17.3 Å². The molecule has 8 aliphatic rings. The molecule has 6 aliphatic heterocycles. The maximum atomic E-state index is 14.6. The number of hydrogen-bond acceptors (Lipinski definition) is 6. The van der Waals surface area contributed by atoms with E-state index in [0.717, 1.165) is 41.4 Å². The van der Waals surface area contributed by atoms with Gasteiger partial charge in [-0.3, -0.25) is 14.5 Å². The fourth-order valence-corrected chi connectivity index (χ4v) is 8.86. The van der Waals surface area contributed by atoms with E-state index in [4.69, 9.17) is 14.0 Å². The first kappa shape index (κ1) is 27.6. The van der Waals surface area contributed by atoms with Crippen molar-refractivity contribution in [3.63, 3.8) is 0 Å². The van der Waals surface area contributed by atoms with Gasteiger partial charge in [0.2, 0.25) is 11.8 Å². The molecule has 0 N–H and O–H groups in total. The summed E-state index contributed by atoms with van der Waals surface area (Å²) in [5.74, 6) is 2.19. The van der Waals surface area contributed by atoms with Crippen molar-refractivity contribution in [2.45, 2.75) is 102 Å². The quantitative estimate of drug-likeness (QED) is 0.514. The van der Waals surface area contributed by atoms with Crippen LogP contribution < -0.4 is 10.4 Å². The molecule has 1 aromatic rings. The van der Waals surface area contributed by atoms with E-state index in [2.05, 4.69) is 55.7 Å². The molecule has 2 saturated carbocycles. The van der Waals surface area contributed by atoms with Gasteiger partial charge in [-0.15, -0.1) is 0 Å². The highest BCUT2D eigenvalue weighted by atomic mass is 16.7. The Morgan fingerprint density at radius 1 is 0.881 bits per heavy atom. The molecule has 0 unspecified atom stereocenters.